The van der Waals surface area contributed by atoms with Crippen LogP contribution in [0.15, 0.2) is 18.2 Å². The normalized spacial score (nSPS) is 22.1. The van der Waals surface area contributed by atoms with E-state index in [1.54, 1.807) is 0 Å². The summed E-state index contributed by atoms with van der Waals surface area (Å²) in [6, 6.07) is 6.60. The molecule has 0 aromatic heterocycles. The van der Waals surface area contributed by atoms with Crippen LogP contribution < -0.4 is 0 Å². The molecule has 2 unspecified atom stereocenters. The van der Waals surface area contributed by atoms with E-state index in [0.29, 0.717) is 12.0 Å². The molecule has 1 aromatic carbocycles. The van der Waals surface area contributed by atoms with Gasteiger partial charge in [-0.1, -0.05) is 32.0 Å². The number of epoxide rings is 1. The van der Waals surface area contributed by atoms with Gasteiger partial charge in [0.25, 0.3) is 0 Å². The Morgan fingerprint density at radius 1 is 1.50 bits per heavy atom. The second-order valence-corrected chi connectivity index (χ2v) is 4.16. The molecule has 1 aromatic rings. The molecule has 1 heterocycles. The van der Waals surface area contributed by atoms with Crippen LogP contribution in [-0.4, -0.2) is 12.7 Å². The Kier molecular flexibility index (Phi) is 2.60. The van der Waals surface area contributed by atoms with Crippen molar-refractivity contribution in [2.24, 2.45) is 0 Å². The third-order valence-corrected chi connectivity index (χ3v) is 3.21. The van der Waals surface area contributed by atoms with Crippen molar-refractivity contribution in [3.63, 3.8) is 0 Å². The van der Waals surface area contributed by atoms with Gasteiger partial charge in [0.1, 0.15) is 0 Å². The highest BCUT2D eigenvalue weighted by Gasteiger charge is 2.31. The monoisotopic (exact) mass is 190 g/mol. The van der Waals surface area contributed by atoms with Crippen molar-refractivity contribution in [3.8, 4) is 0 Å². The zero-order chi connectivity index (χ0) is 10.1. The van der Waals surface area contributed by atoms with E-state index in [9.17, 15) is 0 Å². The molecule has 0 saturated carbocycles. The van der Waals surface area contributed by atoms with Crippen LogP contribution in [-0.2, 0) is 11.2 Å². The van der Waals surface area contributed by atoms with Gasteiger partial charge in [0.15, 0.2) is 0 Å². The SMILES string of the molecule is CCc1c(C)cccc1C(C)C1CO1. The Hall–Kier alpha value is -0.820. The minimum Gasteiger partial charge on any atom is -0.372 e. The minimum absolute atomic E-state index is 0.474. The molecule has 2 atom stereocenters. The predicted octanol–water partition coefficient (Wildman–Crippen LogP) is 3.06. The summed E-state index contributed by atoms with van der Waals surface area (Å²) in [7, 11) is 0. The lowest BCUT2D eigenvalue weighted by Crippen LogP contribution is -2.06. The molecular formula is C13H18O. The summed E-state index contributed by atoms with van der Waals surface area (Å²) in [6.45, 7) is 7.64. The fourth-order valence-electron chi connectivity index (χ4n) is 2.18. The third kappa shape index (κ3) is 1.69. The Morgan fingerprint density at radius 2 is 2.21 bits per heavy atom. The smallest absolute Gasteiger partial charge is 0.0875 e. The van der Waals surface area contributed by atoms with Gasteiger partial charge in [-0.25, -0.2) is 0 Å². The molecule has 1 nitrogen and oxygen atoms in total. The van der Waals surface area contributed by atoms with E-state index in [0.717, 1.165) is 13.0 Å². The lowest BCUT2D eigenvalue weighted by atomic mass is 9.89. The molecule has 2 rings (SSSR count). The zero-order valence-corrected chi connectivity index (χ0v) is 9.21. The highest BCUT2D eigenvalue weighted by Crippen LogP contribution is 2.32. The molecular weight excluding hydrogens is 172 g/mol. The summed E-state index contributed by atoms with van der Waals surface area (Å²) in [5.74, 6) is 0.560. The maximum Gasteiger partial charge on any atom is 0.0875 e. The van der Waals surface area contributed by atoms with Gasteiger partial charge in [0.2, 0.25) is 0 Å². The summed E-state index contributed by atoms with van der Waals surface area (Å²) in [5, 5.41) is 0. The standard InChI is InChI=1S/C13H18O/c1-4-11-9(2)6-5-7-12(11)10(3)13-8-14-13/h5-7,10,13H,4,8H2,1-3H3. The molecule has 0 radical (unpaired) electrons. The van der Waals surface area contributed by atoms with Gasteiger partial charge < -0.3 is 4.74 Å². The third-order valence-electron chi connectivity index (χ3n) is 3.21. The van der Waals surface area contributed by atoms with Crippen molar-refractivity contribution in [1.82, 2.24) is 0 Å². The molecule has 1 aliphatic rings. The zero-order valence-electron chi connectivity index (χ0n) is 9.21. The molecule has 0 aliphatic carbocycles. The van der Waals surface area contributed by atoms with Crippen molar-refractivity contribution in [3.05, 3.63) is 34.9 Å². The maximum atomic E-state index is 5.36. The van der Waals surface area contributed by atoms with Gasteiger partial charge in [0.05, 0.1) is 12.7 Å². The van der Waals surface area contributed by atoms with Crippen LogP contribution in [0, 0.1) is 6.92 Å². The number of rotatable bonds is 3. The van der Waals surface area contributed by atoms with Gasteiger partial charge >= 0.3 is 0 Å². The Balaban J connectivity index is 2.35. The number of benzene rings is 1. The van der Waals surface area contributed by atoms with Crippen LogP contribution in [0.1, 0.15) is 36.5 Å². The van der Waals surface area contributed by atoms with Gasteiger partial charge in [-0.3, -0.25) is 0 Å². The lowest BCUT2D eigenvalue weighted by Gasteiger charge is -2.15. The summed E-state index contributed by atoms with van der Waals surface area (Å²) in [4.78, 5) is 0. The van der Waals surface area contributed by atoms with Gasteiger partial charge in [-0.15, -0.1) is 0 Å². The van der Waals surface area contributed by atoms with Crippen molar-refractivity contribution in [1.29, 1.82) is 0 Å². The Bertz CT molecular complexity index is 326. The molecule has 1 heteroatoms. The second-order valence-electron chi connectivity index (χ2n) is 4.16. The van der Waals surface area contributed by atoms with E-state index in [4.69, 9.17) is 4.74 Å². The first-order chi connectivity index (χ1) is 6.74. The van der Waals surface area contributed by atoms with Crippen LogP contribution in [0.25, 0.3) is 0 Å². The summed E-state index contributed by atoms with van der Waals surface area (Å²) in [6.07, 6.45) is 1.60. The van der Waals surface area contributed by atoms with Gasteiger partial charge in [-0.05, 0) is 30.0 Å². The average molecular weight is 190 g/mol. The molecule has 0 N–H and O–H groups in total. The lowest BCUT2D eigenvalue weighted by molar-refractivity contribution is 0.381. The average Bonchev–Trinajstić information content (AvgIpc) is 2.99. The first kappa shape index (κ1) is 9.72. The highest BCUT2D eigenvalue weighted by atomic mass is 16.6. The van der Waals surface area contributed by atoms with E-state index in [-0.39, 0.29) is 0 Å². The topological polar surface area (TPSA) is 12.5 Å². The van der Waals surface area contributed by atoms with Crippen molar-refractivity contribution in [2.45, 2.75) is 39.2 Å². The second kappa shape index (κ2) is 3.74. The van der Waals surface area contributed by atoms with Crippen molar-refractivity contribution < 1.29 is 4.74 Å². The van der Waals surface area contributed by atoms with Gasteiger partial charge in [0, 0.05) is 5.92 Å². The van der Waals surface area contributed by atoms with Crippen LogP contribution in [0.2, 0.25) is 0 Å². The number of ether oxygens (including phenoxy) is 1. The van der Waals surface area contributed by atoms with Gasteiger partial charge in [-0.2, -0.15) is 0 Å². The quantitative estimate of drug-likeness (QED) is 0.667. The number of aryl methyl sites for hydroxylation is 1. The van der Waals surface area contributed by atoms with Crippen LogP contribution >= 0.6 is 0 Å². The van der Waals surface area contributed by atoms with E-state index in [2.05, 4.69) is 39.0 Å². The molecule has 14 heavy (non-hydrogen) atoms. The first-order valence-corrected chi connectivity index (χ1v) is 5.44. The first-order valence-electron chi connectivity index (χ1n) is 5.44. The van der Waals surface area contributed by atoms with E-state index < -0.39 is 0 Å². The van der Waals surface area contributed by atoms with Crippen LogP contribution in [0.5, 0.6) is 0 Å². The van der Waals surface area contributed by atoms with Crippen LogP contribution in [0.3, 0.4) is 0 Å². The highest BCUT2D eigenvalue weighted by molar-refractivity contribution is 5.37. The molecule has 1 fully saturated rings. The van der Waals surface area contributed by atoms with Crippen molar-refractivity contribution in [2.75, 3.05) is 6.61 Å². The largest absolute Gasteiger partial charge is 0.372 e. The van der Waals surface area contributed by atoms with Crippen LogP contribution in [0.4, 0.5) is 0 Å². The fraction of sp³-hybridized carbons (Fsp3) is 0.538. The van der Waals surface area contributed by atoms with Crippen molar-refractivity contribution >= 4 is 0 Å². The number of hydrogen-bond donors (Lipinski definition) is 0. The summed E-state index contributed by atoms with van der Waals surface area (Å²) >= 11 is 0. The Morgan fingerprint density at radius 3 is 2.79 bits per heavy atom. The molecule has 0 bridgehead atoms. The van der Waals surface area contributed by atoms with E-state index in [1.807, 2.05) is 0 Å². The summed E-state index contributed by atoms with van der Waals surface area (Å²) < 4.78 is 5.36. The Labute approximate surface area is 86.1 Å². The molecule has 76 valence electrons. The molecule has 1 aliphatic heterocycles. The minimum atomic E-state index is 0.474. The molecule has 0 amide bonds. The predicted molar refractivity (Wildman–Crippen MR) is 58.7 cm³/mol. The molecule has 0 spiro atoms. The number of hydrogen-bond acceptors (Lipinski definition) is 1. The fourth-order valence-corrected chi connectivity index (χ4v) is 2.18. The maximum absolute atomic E-state index is 5.36. The van der Waals surface area contributed by atoms with E-state index >= 15 is 0 Å². The molecule has 1 saturated heterocycles. The summed E-state index contributed by atoms with van der Waals surface area (Å²) in [5.41, 5.74) is 4.41. The van der Waals surface area contributed by atoms with E-state index in [1.165, 1.54) is 16.7 Å².